The molecule has 27 heavy (non-hydrogen) atoms. The van der Waals surface area contributed by atoms with Gasteiger partial charge in [0.25, 0.3) is 0 Å². The minimum Gasteiger partial charge on any atom is -0.376 e. The van der Waals surface area contributed by atoms with Crippen molar-refractivity contribution in [2.75, 3.05) is 19.7 Å². The van der Waals surface area contributed by atoms with Gasteiger partial charge in [-0.2, -0.15) is 0 Å². The number of rotatable bonds is 6. The summed E-state index contributed by atoms with van der Waals surface area (Å²) in [5, 5.41) is 0. The molecule has 1 saturated heterocycles. The van der Waals surface area contributed by atoms with Gasteiger partial charge in [-0.3, -0.25) is 9.69 Å². The fraction of sp³-hybridized carbons (Fsp3) is 0.458. The van der Waals surface area contributed by atoms with E-state index in [-0.39, 0.29) is 12.0 Å². The number of Topliss-reactive ketones (excluding diaryl/α,β-unsaturated/α-hetero) is 1. The van der Waals surface area contributed by atoms with E-state index in [1.54, 1.807) is 0 Å². The molecule has 0 N–H and O–H groups in total. The summed E-state index contributed by atoms with van der Waals surface area (Å²) < 4.78 is 6.56. The van der Waals surface area contributed by atoms with Crippen LogP contribution in [0.5, 0.6) is 0 Å². The molecule has 2 atom stereocenters. The second-order valence-corrected chi connectivity index (χ2v) is 7.86. The third kappa shape index (κ3) is 4.48. The van der Waals surface area contributed by atoms with E-state index in [0.29, 0.717) is 31.4 Å². The van der Waals surface area contributed by atoms with Gasteiger partial charge in [0.15, 0.2) is 0 Å². The van der Waals surface area contributed by atoms with Gasteiger partial charge in [-0.05, 0) is 24.0 Å². The third-order valence-corrected chi connectivity index (χ3v) is 6.07. The van der Waals surface area contributed by atoms with Gasteiger partial charge in [-0.15, -0.1) is 0 Å². The topological polar surface area (TPSA) is 29.5 Å². The van der Waals surface area contributed by atoms with Crippen LogP contribution in [-0.2, 0) is 9.53 Å². The number of carbonyl (C=O) groups excluding carboxylic acids is 1. The van der Waals surface area contributed by atoms with Crippen molar-refractivity contribution < 1.29 is 9.53 Å². The highest BCUT2D eigenvalue weighted by molar-refractivity contribution is 5.82. The number of carbonyl (C=O) groups is 1. The highest BCUT2D eigenvalue weighted by Gasteiger charge is 2.35. The molecule has 1 aliphatic heterocycles. The standard InChI is InChI=1S/C24H29NO2/c26-21-15-16-25(17-21)23-13-7-8-14-24(23)27-18-22(19-9-3-1-4-10-19)20-11-5-2-6-12-20/h1-6,9-12,22-24H,7-8,13-18H2/t23-,24-/m0/s1. The Morgan fingerprint density at radius 3 is 2.15 bits per heavy atom. The molecule has 0 spiro atoms. The Morgan fingerprint density at radius 2 is 1.56 bits per heavy atom. The fourth-order valence-corrected chi connectivity index (χ4v) is 4.60. The third-order valence-electron chi connectivity index (χ3n) is 6.07. The molecule has 1 saturated carbocycles. The zero-order valence-electron chi connectivity index (χ0n) is 15.9. The number of benzene rings is 2. The first-order valence-electron chi connectivity index (χ1n) is 10.3. The first-order chi connectivity index (χ1) is 13.3. The molecule has 2 fully saturated rings. The average Bonchev–Trinajstić information content (AvgIpc) is 3.16. The summed E-state index contributed by atoms with van der Waals surface area (Å²) >= 11 is 0. The summed E-state index contributed by atoms with van der Waals surface area (Å²) in [5.41, 5.74) is 2.60. The fourth-order valence-electron chi connectivity index (χ4n) is 4.60. The first-order valence-corrected chi connectivity index (χ1v) is 10.3. The van der Waals surface area contributed by atoms with Gasteiger partial charge in [0.05, 0.1) is 19.3 Å². The van der Waals surface area contributed by atoms with E-state index in [1.165, 1.54) is 24.0 Å². The maximum Gasteiger partial charge on any atom is 0.148 e. The Balaban J connectivity index is 1.48. The van der Waals surface area contributed by atoms with E-state index in [1.807, 2.05) is 0 Å². The maximum absolute atomic E-state index is 11.8. The van der Waals surface area contributed by atoms with Crippen LogP contribution < -0.4 is 0 Å². The zero-order chi connectivity index (χ0) is 18.5. The zero-order valence-corrected chi connectivity index (χ0v) is 15.9. The lowest BCUT2D eigenvalue weighted by Crippen LogP contribution is -2.46. The van der Waals surface area contributed by atoms with Crippen molar-refractivity contribution in [2.24, 2.45) is 0 Å². The van der Waals surface area contributed by atoms with Gasteiger partial charge in [0.2, 0.25) is 0 Å². The summed E-state index contributed by atoms with van der Waals surface area (Å²) in [4.78, 5) is 14.1. The molecule has 0 amide bonds. The van der Waals surface area contributed by atoms with Crippen molar-refractivity contribution in [3.8, 4) is 0 Å². The minimum atomic E-state index is 0.236. The van der Waals surface area contributed by atoms with Crippen LogP contribution in [0.15, 0.2) is 60.7 Å². The van der Waals surface area contributed by atoms with Crippen molar-refractivity contribution in [1.29, 1.82) is 0 Å². The molecule has 1 aliphatic carbocycles. The lowest BCUT2D eigenvalue weighted by molar-refractivity contribution is -0.117. The van der Waals surface area contributed by atoms with E-state index in [4.69, 9.17) is 4.74 Å². The largest absolute Gasteiger partial charge is 0.376 e. The van der Waals surface area contributed by atoms with Gasteiger partial charge in [0, 0.05) is 24.9 Å². The van der Waals surface area contributed by atoms with Gasteiger partial charge in [-0.1, -0.05) is 73.5 Å². The van der Waals surface area contributed by atoms with Crippen molar-refractivity contribution in [3.05, 3.63) is 71.8 Å². The van der Waals surface area contributed by atoms with Crippen LogP contribution in [0.4, 0.5) is 0 Å². The number of ketones is 1. The summed E-state index contributed by atoms with van der Waals surface area (Å²) in [6.07, 6.45) is 5.67. The number of likely N-dealkylation sites (tertiary alicyclic amines) is 1. The van der Waals surface area contributed by atoms with Crippen LogP contribution >= 0.6 is 0 Å². The predicted octanol–water partition coefficient (Wildman–Crippen LogP) is 4.42. The second-order valence-electron chi connectivity index (χ2n) is 7.86. The van der Waals surface area contributed by atoms with Gasteiger partial charge >= 0.3 is 0 Å². The van der Waals surface area contributed by atoms with Crippen LogP contribution in [0.1, 0.15) is 49.1 Å². The van der Waals surface area contributed by atoms with E-state index in [9.17, 15) is 4.79 Å². The first kappa shape index (κ1) is 18.4. The molecule has 0 radical (unpaired) electrons. The predicted molar refractivity (Wildman–Crippen MR) is 108 cm³/mol. The lowest BCUT2D eigenvalue weighted by Gasteiger charge is -2.38. The van der Waals surface area contributed by atoms with E-state index in [0.717, 1.165) is 19.4 Å². The maximum atomic E-state index is 11.8. The minimum absolute atomic E-state index is 0.236. The van der Waals surface area contributed by atoms with Gasteiger partial charge < -0.3 is 4.74 Å². The quantitative estimate of drug-likeness (QED) is 0.761. The molecule has 2 aromatic carbocycles. The number of hydrogen-bond acceptors (Lipinski definition) is 3. The summed E-state index contributed by atoms with van der Waals surface area (Å²) in [5.74, 6) is 0.626. The Kier molecular flexibility index (Phi) is 6.00. The summed E-state index contributed by atoms with van der Waals surface area (Å²) in [6, 6.07) is 21.7. The molecule has 2 aliphatic rings. The molecular formula is C24H29NO2. The SMILES string of the molecule is O=C1CCN([C@H]2CCCC[C@@H]2OCC(c2ccccc2)c2ccccc2)C1. The van der Waals surface area contributed by atoms with Crippen LogP contribution in [0.2, 0.25) is 0 Å². The van der Waals surface area contributed by atoms with E-state index < -0.39 is 0 Å². The molecule has 142 valence electrons. The monoisotopic (exact) mass is 363 g/mol. The molecule has 1 heterocycles. The van der Waals surface area contributed by atoms with Crippen molar-refractivity contribution in [1.82, 2.24) is 4.90 Å². The molecular weight excluding hydrogens is 334 g/mol. The van der Waals surface area contributed by atoms with Crippen LogP contribution in [0, 0.1) is 0 Å². The van der Waals surface area contributed by atoms with Crippen LogP contribution in [0.25, 0.3) is 0 Å². The van der Waals surface area contributed by atoms with Crippen molar-refractivity contribution in [3.63, 3.8) is 0 Å². The highest BCUT2D eigenvalue weighted by Crippen LogP contribution is 2.31. The molecule has 0 aromatic heterocycles. The number of nitrogens with zero attached hydrogens (tertiary/aromatic N) is 1. The molecule has 0 bridgehead atoms. The summed E-state index contributed by atoms with van der Waals surface area (Å²) in [6.45, 7) is 2.21. The van der Waals surface area contributed by atoms with E-state index >= 15 is 0 Å². The van der Waals surface area contributed by atoms with Gasteiger partial charge in [-0.25, -0.2) is 0 Å². The highest BCUT2D eigenvalue weighted by atomic mass is 16.5. The molecule has 0 unspecified atom stereocenters. The van der Waals surface area contributed by atoms with Crippen molar-refractivity contribution >= 4 is 5.78 Å². The molecule has 3 heteroatoms. The summed E-state index contributed by atoms with van der Waals surface area (Å²) in [7, 11) is 0. The normalized spacial score (nSPS) is 23.8. The number of hydrogen-bond donors (Lipinski definition) is 0. The Hall–Kier alpha value is -1.97. The lowest BCUT2D eigenvalue weighted by atomic mass is 9.90. The molecule has 2 aromatic rings. The second kappa shape index (κ2) is 8.81. The Morgan fingerprint density at radius 1 is 0.926 bits per heavy atom. The van der Waals surface area contributed by atoms with Crippen LogP contribution in [0.3, 0.4) is 0 Å². The van der Waals surface area contributed by atoms with E-state index in [2.05, 4.69) is 65.6 Å². The molecule has 3 nitrogen and oxygen atoms in total. The average molecular weight is 364 g/mol. The van der Waals surface area contributed by atoms with Crippen molar-refractivity contribution in [2.45, 2.75) is 50.2 Å². The molecule has 4 rings (SSSR count). The van der Waals surface area contributed by atoms with Gasteiger partial charge in [0.1, 0.15) is 5.78 Å². The Bertz CT molecular complexity index is 691. The Labute approximate surface area is 162 Å². The number of ether oxygens (including phenoxy) is 1. The van der Waals surface area contributed by atoms with Crippen LogP contribution in [-0.4, -0.2) is 42.5 Å². The smallest absolute Gasteiger partial charge is 0.148 e.